The van der Waals surface area contributed by atoms with Gasteiger partial charge in [-0.3, -0.25) is 4.79 Å². The maximum absolute atomic E-state index is 13.0. The number of hydrogen-bond acceptors (Lipinski definition) is 3. The van der Waals surface area contributed by atoms with Crippen LogP contribution in [0.3, 0.4) is 0 Å². The van der Waals surface area contributed by atoms with E-state index in [-0.39, 0.29) is 28.2 Å². The van der Waals surface area contributed by atoms with E-state index in [9.17, 15) is 4.79 Å². The van der Waals surface area contributed by atoms with E-state index in [1.54, 1.807) is 0 Å². The van der Waals surface area contributed by atoms with E-state index in [0.717, 1.165) is 24.8 Å². The van der Waals surface area contributed by atoms with Gasteiger partial charge < -0.3 is 8.85 Å². The van der Waals surface area contributed by atoms with Gasteiger partial charge in [-0.15, -0.1) is 0 Å². The molecule has 0 aromatic carbocycles. The Morgan fingerprint density at radius 1 is 0.897 bits per heavy atom. The van der Waals surface area contributed by atoms with E-state index in [0.29, 0.717) is 11.7 Å². The van der Waals surface area contributed by atoms with Gasteiger partial charge in [-0.05, 0) is 72.6 Å². The first-order valence-corrected chi connectivity index (χ1v) is 17.4. The highest BCUT2D eigenvalue weighted by Crippen LogP contribution is 2.50. The molecule has 0 heterocycles. The van der Waals surface area contributed by atoms with Gasteiger partial charge in [-0.2, -0.15) is 0 Å². The SMILES string of the molecule is CCC1=C2[C@@H](CC[C@H](O[Si](C)(C)C(C)(C)C)[C@H]2O[Si](C)(C)C(C)(C)C)[C@H](C)C1=O. The first-order chi connectivity index (χ1) is 12.9. The Balaban J connectivity index is 2.52. The molecule has 0 N–H and O–H groups in total. The zero-order chi connectivity index (χ0) is 22.6. The molecule has 5 heteroatoms. The topological polar surface area (TPSA) is 35.5 Å². The van der Waals surface area contributed by atoms with Crippen LogP contribution in [0.5, 0.6) is 0 Å². The molecule has 1 saturated carbocycles. The van der Waals surface area contributed by atoms with Gasteiger partial charge >= 0.3 is 0 Å². The second kappa shape index (κ2) is 8.03. The van der Waals surface area contributed by atoms with Crippen molar-refractivity contribution in [3.63, 3.8) is 0 Å². The Morgan fingerprint density at radius 2 is 1.38 bits per heavy atom. The number of Topliss-reactive ketones (excluding diaryl/α,β-unsaturated/α-hetero) is 1. The summed E-state index contributed by atoms with van der Waals surface area (Å²) in [5, 5.41) is 0.286. The summed E-state index contributed by atoms with van der Waals surface area (Å²) in [5.74, 6) is 0.787. The Kier molecular flexibility index (Phi) is 6.93. The molecule has 0 amide bonds. The molecular weight excluding hydrogens is 392 g/mol. The van der Waals surface area contributed by atoms with Gasteiger partial charge in [0.1, 0.15) is 0 Å². The van der Waals surface area contributed by atoms with Crippen LogP contribution in [-0.4, -0.2) is 34.6 Å². The lowest BCUT2D eigenvalue weighted by molar-refractivity contribution is -0.118. The molecule has 1 fully saturated rings. The third-order valence-electron chi connectivity index (χ3n) is 8.30. The maximum atomic E-state index is 13.0. The minimum absolute atomic E-state index is 0.0624. The predicted molar refractivity (Wildman–Crippen MR) is 128 cm³/mol. The van der Waals surface area contributed by atoms with Crippen LogP contribution in [0.1, 0.15) is 74.7 Å². The molecule has 168 valence electrons. The van der Waals surface area contributed by atoms with Crippen molar-refractivity contribution in [1.82, 2.24) is 0 Å². The molecule has 0 unspecified atom stereocenters. The molecule has 0 saturated heterocycles. The lowest BCUT2D eigenvalue weighted by Gasteiger charge is -2.48. The lowest BCUT2D eigenvalue weighted by Crippen LogP contribution is -2.54. The largest absolute Gasteiger partial charge is 0.411 e. The Hall–Kier alpha value is -0.236. The lowest BCUT2D eigenvalue weighted by atomic mass is 9.78. The van der Waals surface area contributed by atoms with Crippen molar-refractivity contribution in [1.29, 1.82) is 0 Å². The van der Waals surface area contributed by atoms with Crippen LogP contribution >= 0.6 is 0 Å². The van der Waals surface area contributed by atoms with E-state index in [1.807, 2.05) is 0 Å². The fourth-order valence-corrected chi connectivity index (χ4v) is 6.88. The van der Waals surface area contributed by atoms with Crippen LogP contribution in [-0.2, 0) is 13.6 Å². The summed E-state index contributed by atoms with van der Waals surface area (Å²) in [6.07, 6.45) is 2.85. The molecule has 29 heavy (non-hydrogen) atoms. The highest BCUT2D eigenvalue weighted by atomic mass is 28.4. The second-order valence-electron chi connectivity index (χ2n) is 12.3. The number of carbonyl (C=O) groups excluding carboxylic acids is 1. The van der Waals surface area contributed by atoms with Crippen LogP contribution in [0.2, 0.25) is 36.3 Å². The standard InChI is InChI=1S/C24H46O3Si2/c1-13-17-20-18(16(2)21(17)25)14-15-19(26-28(9,10)23(3,4)5)22(20)27-29(11,12)24(6,7)8/h16,18-19,22H,13-15H2,1-12H3/t16-,18-,19-,22+/m0/s1. The maximum Gasteiger partial charge on any atom is 0.193 e. The van der Waals surface area contributed by atoms with Gasteiger partial charge in [-0.25, -0.2) is 0 Å². The van der Waals surface area contributed by atoms with Crippen molar-refractivity contribution in [2.75, 3.05) is 0 Å². The summed E-state index contributed by atoms with van der Waals surface area (Å²) in [5.41, 5.74) is 2.33. The van der Waals surface area contributed by atoms with Gasteiger partial charge in [0.05, 0.1) is 12.2 Å². The van der Waals surface area contributed by atoms with Crippen molar-refractivity contribution >= 4 is 22.4 Å². The van der Waals surface area contributed by atoms with Crippen LogP contribution in [0.15, 0.2) is 11.1 Å². The average Bonchev–Trinajstić information content (AvgIpc) is 2.78. The van der Waals surface area contributed by atoms with Crippen LogP contribution in [0.25, 0.3) is 0 Å². The number of carbonyl (C=O) groups is 1. The molecule has 0 aliphatic heterocycles. The van der Waals surface area contributed by atoms with Crippen molar-refractivity contribution in [2.24, 2.45) is 11.8 Å². The number of ketones is 1. The monoisotopic (exact) mass is 438 g/mol. The third kappa shape index (κ3) is 4.68. The van der Waals surface area contributed by atoms with Crippen LogP contribution in [0, 0.1) is 11.8 Å². The smallest absolute Gasteiger partial charge is 0.193 e. The summed E-state index contributed by atoms with van der Waals surface area (Å²) < 4.78 is 14.1. The Bertz CT molecular complexity index is 665. The summed E-state index contributed by atoms with van der Waals surface area (Å²) >= 11 is 0. The van der Waals surface area contributed by atoms with Gasteiger partial charge in [0.15, 0.2) is 22.4 Å². The molecule has 0 spiro atoms. The molecule has 0 radical (unpaired) electrons. The zero-order valence-corrected chi connectivity index (χ0v) is 23.2. The number of fused-ring (bicyclic) bond motifs is 1. The fourth-order valence-electron chi connectivity index (χ4n) is 4.26. The van der Waals surface area contributed by atoms with Gasteiger partial charge in [-0.1, -0.05) is 55.4 Å². The highest BCUT2D eigenvalue weighted by Gasteiger charge is 2.52. The highest BCUT2D eigenvalue weighted by molar-refractivity contribution is 6.74. The summed E-state index contributed by atoms with van der Waals surface area (Å²) in [7, 11) is -3.95. The number of hydrogen-bond donors (Lipinski definition) is 0. The molecule has 0 bridgehead atoms. The minimum atomic E-state index is -2.01. The fraction of sp³-hybridized carbons (Fsp3) is 0.875. The van der Waals surface area contributed by atoms with E-state index in [2.05, 4.69) is 81.6 Å². The van der Waals surface area contributed by atoms with Crippen LogP contribution in [0.4, 0.5) is 0 Å². The molecule has 0 aromatic heterocycles. The van der Waals surface area contributed by atoms with Gasteiger partial charge in [0.25, 0.3) is 0 Å². The third-order valence-corrected chi connectivity index (χ3v) is 17.3. The van der Waals surface area contributed by atoms with Crippen molar-refractivity contribution in [2.45, 2.75) is 123 Å². The Morgan fingerprint density at radius 3 is 1.83 bits per heavy atom. The average molecular weight is 439 g/mol. The Labute approximate surface area is 182 Å². The summed E-state index contributed by atoms with van der Waals surface area (Å²) in [4.78, 5) is 13.0. The molecule has 3 nitrogen and oxygen atoms in total. The molecular formula is C24H46O3Si2. The normalized spacial score (nSPS) is 29.4. The van der Waals surface area contributed by atoms with E-state index >= 15 is 0 Å². The molecule has 2 aliphatic rings. The van der Waals surface area contributed by atoms with Crippen molar-refractivity contribution in [3.05, 3.63) is 11.1 Å². The first-order valence-electron chi connectivity index (χ1n) is 11.6. The molecule has 4 atom stereocenters. The van der Waals surface area contributed by atoms with E-state index in [1.165, 1.54) is 5.57 Å². The summed E-state index contributed by atoms with van der Waals surface area (Å²) in [6, 6.07) is 0. The molecule has 2 aliphatic carbocycles. The summed E-state index contributed by atoms with van der Waals surface area (Å²) in [6.45, 7) is 27.3. The quantitative estimate of drug-likeness (QED) is 0.429. The predicted octanol–water partition coefficient (Wildman–Crippen LogP) is 7.10. The number of allylic oxidation sites excluding steroid dienone is 1. The van der Waals surface area contributed by atoms with E-state index < -0.39 is 16.6 Å². The molecule has 0 aromatic rings. The zero-order valence-electron chi connectivity index (χ0n) is 21.2. The molecule has 2 rings (SSSR count). The second-order valence-corrected chi connectivity index (χ2v) is 21.9. The van der Waals surface area contributed by atoms with E-state index in [4.69, 9.17) is 8.85 Å². The number of rotatable bonds is 5. The minimum Gasteiger partial charge on any atom is -0.411 e. The van der Waals surface area contributed by atoms with Gasteiger partial charge in [0, 0.05) is 5.92 Å². The van der Waals surface area contributed by atoms with Gasteiger partial charge in [0.2, 0.25) is 0 Å². The van der Waals surface area contributed by atoms with Crippen LogP contribution < -0.4 is 0 Å². The van der Waals surface area contributed by atoms with Crippen molar-refractivity contribution in [3.8, 4) is 0 Å². The van der Waals surface area contributed by atoms with Crippen molar-refractivity contribution < 1.29 is 13.6 Å². The first kappa shape index (κ1) is 25.0.